The zero-order valence-corrected chi connectivity index (χ0v) is 62.9. The second-order valence-corrected chi connectivity index (χ2v) is 34.2. The average Bonchev–Trinajstić information content (AvgIpc) is 0.804. The van der Waals surface area contributed by atoms with E-state index in [4.69, 9.17) is 71.1 Å². The number of ether oxygens (including phenoxy) is 15. The van der Waals surface area contributed by atoms with Crippen LogP contribution in [0.15, 0.2) is 11.6 Å². The second-order valence-electron chi connectivity index (χ2n) is 34.2. The average molecular weight is 1600 g/mol. The number of hydrogen-bond donors (Lipinski definition) is 20. The van der Waals surface area contributed by atoms with Crippen molar-refractivity contribution in [2.24, 2.45) is 50.2 Å². The largest absolute Gasteiger partial charge is 0.479 e. The molecule has 1 amide bonds. The number of aldehydes is 1. The maximum atomic E-state index is 16.0. The summed E-state index contributed by atoms with van der Waals surface area (Å²) in [5.41, 5.74) is -7.32. The summed E-state index contributed by atoms with van der Waals surface area (Å²) in [6.07, 6.45) is -52.7. The summed E-state index contributed by atoms with van der Waals surface area (Å²) in [6.45, 7) is 10.4. The summed E-state index contributed by atoms with van der Waals surface area (Å²) < 4.78 is 89.1. The van der Waals surface area contributed by atoms with Gasteiger partial charge in [0, 0.05) is 0 Å². The second kappa shape index (κ2) is 32.9. The van der Waals surface area contributed by atoms with E-state index >= 15 is 4.79 Å². The monoisotopic (exact) mass is 1600 g/mol. The highest BCUT2D eigenvalue weighted by Gasteiger charge is 2.73. The Bertz CT molecular complexity index is 3290. The Morgan fingerprint density at radius 2 is 1.19 bits per heavy atom. The van der Waals surface area contributed by atoms with Crippen LogP contribution in [0.1, 0.15) is 113 Å². The van der Waals surface area contributed by atoms with Crippen LogP contribution in [0, 0.1) is 50.2 Å². The zero-order valence-electron chi connectivity index (χ0n) is 62.9. The van der Waals surface area contributed by atoms with Crippen molar-refractivity contribution in [1.82, 2.24) is 5.32 Å². The number of allylic oxidation sites excluding steroid dienone is 2. The SMILES string of the molecule is CCOC(=O)N[C@@H]1[C@H](O)[C@@H](O[C@@H]2O[C@@H](C)[C@H](O[C@H]3OC[C@@H](O)[C@H](O[C@H]4OC[C@](O)(CO)[C@H]4O)[C@H]3O)[C@@H](O)[C@H]2O)[C@H](OC(=O)[C@]23CCC(C)(C)CC2C2=CCC4[C@@]5(C)CC[C@H](O[C@@H]6O[C@H](C(=O)O)[C@@H](O)[C@H](O[C@@H]7OC[C@@H](O)[C@H](O)[C@H]7O)[C@H]6O[C@H]6O[C@H](CO)[C@H](O)[C@H](O)[C@H]6O)[C@@](C)(C=O)C5CC[C@@]4(C)[C@]2(C)C[C@H]3O)O[C@@H]1CO. The fraction of sp³-hybridized carbons (Fsp3) is 0.917. The highest BCUT2D eigenvalue weighted by Crippen LogP contribution is 2.76. The van der Waals surface area contributed by atoms with Gasteiger partial charge in [-0.05, 0) is 111 Å². The molecule has 11 fully saturated rings. The van der Waals surface area contributed by atoms with Gasteiger partial charge in [0.15, 0.2) is 49.9 Å². The van der Waals surface area contributed by atoms with Crippen LogP contribution >= 0.6 is 0 Å². The number of nitrogens with one attached hydrogen (secondary N) is 1. The summed E-state index contributed by atoms with van der Waals surface area (Å²) in [7, 11) is 0. The number of hydrogen-bond acceptors (Lipinski definition) is 37. The number of aliphatic carboxylic acids is 1. The van der Waals surface area contributed by atoms with Crippen molar-refractivity contribution in [2.45, 2.75) is 315 Å². The number of carboxylic acids is 1. The van der Waals surface area contributed by atoms with E-state index in [9.17, 15) is 111 Å². The zero-order chi connectivity index (χ0) is 81.1. The smallest absolute Gasteiger partial charge is 0.407 e. The highest BCUT2D eigenvalue weighted by molar-refractivity contribution is 5.80. The molecule has 12 aliphatic rings. The molecular formula is C72H113NO38. The molecule has 0 radical (unpaired) electrons. The van der Waals surface area contributed by atoms with Gasteiger partial charge >= 0.3 is 18.0 Å². The molecule has 7 aliphatic heterocycles. The van der Waals surface area contributed by atoms with Gasteiger partial charge < -0.3 is 178 Å². The first-order valence-electron chi connectivity index (χ1n) is 38.2. The first kappa shape index (κ1) is 86.7. The molecule has 5 aliphatic carbocycles. The molecule has 0 aromatic rings. The predicted octanol–water partition coefficient (Wildman–Crippen LogP) is -6.62. The quantitative estimate of drug-likeness (QED) is 0.0220. The van der Waals surface area contributed by atoms with E-state index in [2.05, 4.69) is 32.2 Å². The van der Waals surface area contributed by atoms with Gasteiger partial charge in [-0.3, -0.25) is 4.79 Å². The molecule has 0 spiro atoms. The van der Waals surface area contributed by atoms with Crippen molar-refractivity contribution in [1.29, 1.82) is 0 Å². The minimum absolute atomic E-state index is 0.0172. The molecule has 0 aromatic heterocycles. The number of aliphatic hydroxyl groups is 18. The third-order valence-corrected chi connectivity index (χ3v) is 27.2. The Kier molecular flexibility index (Phi) is 25.7. The van der Waals surface area contributed by atoms with Crippen LogP contribution in [0.25, 0.3) is 0 Å². The van der Waals surface area contributed by atoms with Crippen LogP contribution in [0.5, 0.6) is 0 Å². The first-order valence-corrected chi connectivity index (χ1v) is 38.2. The summed E-state index contributed by atoms with van der Waals surface area (Å²) in [5.74, 6) is -4.30. The van der Waals surface area contributed by atoms with Gasteiger partial charge in [0.05, 0.1) is 76.0 Å². The third-order valence-electron chi connectivity index (χ3n) is 27.2. The van der Waals surface area contributed by atoms with Crippen LogP contribution in [-0.4, -0.2) is 370 Å². The van der Waals surface area contributed by atoms with E-state index in [0.717, 1.165) is 11.9 Å². The van der Waals surface area contributed by atoms with Gasteiger partial charge in [-0.15, -0.1) is 0 Å². The fourth-order valence-electron chi connectivity index (χ4n) is 20.5. The van der Waals surface area contributed by atoms with Crippen LogP contribution in [-0.2, 0) is 85.4 Å². The minimum atomic E-state index is -2.24. The summed E-state index contributed by atoms with van der Waals surface area (Å²) in [6, 6.07) is -1.59. The van der Waals surface area contributed by atoms with Crippen molar-refractivity contribution in [2.75, 3.05) is 46.2 Å². The molecule has 634 valence electrons. The van der Waals surface area contributed by atoms with Gasteiger partial charge in [0.2, 0.25) is 6.29 Å². The molecule has 39 nitrogen and oxygen atoms in total. The first-order chi connectivity index (χ1) is 52.2. The molecule has 7 saturated heterocycles. The molecule has 111 heavy (non-hydrogen) atoms. The Morgan fingerprint density at radius 3 is 1.84 bits per heavy atom. The van der Waals surface area contributed by atoms with E-state index in [1.807, 2.05) is 13.8 Å². The van der Waals surface area contributed by atoms with Crippen molar-refractivity contribution in [3.8, 4) is 0 Å². The van der Waals surface area contributed by atoms with Gasteiger partial charge in [0.25, 0.3) is 0 Å². The lowest BCUT2D eigenvalue weighted by molar-refractivity contribution is -0.391. The van der Waals surface area contributed by atoms with Gasteiger partial charge in [-0.1, -0.05) is 53.2 Å². The number of rotatable bonds is 21. The standard InChI is InChI=1S/C72H113NO38/c1-9-97-65(95)73-38-32(20-74)102-61(53(41(38)83)109-59-46(88)43(85)49(27(2)101-59)105-58-48(90)50(31(79)23-99-58)106-63-55(91)71(96,25-77)26-100-63)111-64(94)72-17-16-66(3,4)18-29(72)28-10-11-35-67(5)14-13-37(68(6,24-76)34(67)12-15-69(35,7)70(28,8)19-36(72)80)104-62-54(110-60-45(87)42(84)40(82)33(21-75)103-60)51(47(89)52(108-62)56(92)93)107-57-44(86)39(81)30(78)22-98-57/h10,24,27,29-55,57-63,74-75,77-91,96H,9,11-23,25-26H2,1-8H3,(H,73,95)(H,92,93)/t27-,29?,30+,31+,32+,33+,34?,35?,36+,37-,38-,39-,40-,41-,42-,43-,44+,45+,46+,47-,48+,49-,50-,51-,52-,53+,54+,55-,57-,58+,59-,60+,61-,62+,63+,67-,68-,69+,70+,71+,72+/m0/s1. The van der Waals surface area contributed by atoms with E-state index in [0.29, 0.717) is 38.5 Å². The number of alkyl carbamates (subject to hydrolysis) is 1. The van der Waals surface area contributed by atoms with Gasteiger partial charge in [0.1, 0.15) is 133 Å². The van der Waals surface area contributed by atoms with Crippen LogP contribution in [0.3, 0.4) is 0 Å². The lowest BCUT2D eigenvalue weighted by atomic mass is 9.33. The molecule has 0 aromatic carbocycles. The van der Waals surface area contributed by atoms with E-state index < -0.39 is 304 Å². The highest BCUT2D eigenvalue weighted by atomic mass is 16.8. The minimum Gasteiger partial charge on any atom is -0.479 e. The van der Waals surface area contributed by atoms with E-state index in [1.165, 1.54) is 13.8 Å². The molecule has 7 heterocycles. The maximum absolute atomic E-state index is 16.0. The molecule has 12 rings (SSSR count). The van der Waals surface area contributed by atoms with E-state index in [1.54, 1.807) is 6.92 Å². The van der Waals surface area contributed by atoms with Crippen LogP contribution in [0.4, 0.5) is 4.79 Å². The number of carbonyl (C=O) groups is 4. The number of amides is 1. The third kappa shape index (κ3) is 15.2. The number of fused-ring (bicyclic) bond motifs is 7. The molecule has 4 saturated carbocycles. The lowest BCUT2D eigenvalue weighted by Crippen LogP contribution is -2.70. The van der Waals surface area contributed by atoms with E-state index in [-0.39, 0.29) is 31.8 Å². The molecular weight excluding hydrogens is 1490 g/mol. The number of esters is 1. The Morgan fingerprint density at radius 1 is 0.577 bits per heavy atom. The summed E-state index contributed by atoms with van der Waals surface area (Å²) in [4.78, 5) is 56.4. The maximum Gasteiger partial charge on any atom is 0.407 e. The van der Waals surface area contributed by atoms with Gasteiger partial charge in [-0.2, -0.15) is 0 Å². The molecule has 39 heteroatoms. The van der Waals surface area contributed by atoms with Crippen molar-refractivity contribution in [3.05, 3.63) is 11.6 Å². The van der Waals surface area contributed by atoms with Crippen molar-refractivity contribution < 1.29 is 187 Å². The summed E-state index contributed by atoms with van der Waals surface area (Å²) >= 11 is 0. The Labute approximate surface area is 638 Å². The van der Waals surface area contributed by atoms with Crippen LogP contribution in [0.2, 0.25) is 0 Å². The lowest BCUT2D eigenvalue weighted by Gasteiger charge is -2.71. The van der Waals surface area contributed by atoms with Gasteiger partial charge in [-0.25, -0.2) is 9.59 Å². The van der Waals surface area contributed by atoms with Crippen LogP contribution < -0.4 is 5.32 Å². The molecule has 41 atom stereocenters. The summed E-state index contributed by atoms with van der Waals surface area (Å²) in [5, 5.41) is 213. The predicted molar refractivity (Wildman–Crippen MR) is 362 cm³/mol. The number of carbonyl (C=O) groups excluding carboxylic acids is 3. The van der Waals surface area contributed by atoms with Crippen molar-refractivity contribution in [3.63, 3.8) is 0 Å². The molecule has 3 unspecified atom stereocenters. The number of aliphatic hydroxyl groups excluding tert-OH is 17. The Balaban J connectivity index is 0.802. The topological polar surface area (TPSA) is 603 Å². The van der Waals surface area contributed by atoms with Crippen molar-refractivity contribution >= 4 is 24.3 Å². The number of carboxylic acid groups (broad SMARTS) is 1. The Hall–Kier alpha value is -3.62. The fourth-order valence-corrected chi connectivity index (χ4v) is 20.5. The molecule has 20 N–H and O–H groups in total. The normalized spacial score (nSPS) is 52.5. The molecule has 0 bridgehead atoms.